The summed E-state index contributed by atoms with van der Waals surface area (Å²) in [6.07, 6.45) is 3.84. The number of carbonyl (C=O) groups is 2. The number of rotatable bonds is 4. The molecule has 1 aromatic carbocycles. The molecule has 0 atom stereocenters. The number of primary amides is 1. The van der Waals surface area contributed by atoms with E-state index in [-0.39, 0.29) is 17.7 Å². The third-order valence-corrected chi connectivity index (χ3v) is 6.49. The maximum Gasteiger partial charge on any atom is 0.341 e. The molecule has 1 aliphatic rings. The Morgan fingerprint density at radius 1 is 1.28 bits per heavy atom. The number of nitrogens with two attached hydrogens (primary N) is 1. The quantitative estimate of drug-likeness (QED) is 0.556. The van der Waals surface area contributed by atoms with E-state index in [2.05, 4.69) is 20.9 Å². The molecule has 0 spiro atoms. The SMILES string of the molecule is CCOC(=O)c1c(/N=c2\oc3ccc(Br)cc3cc2C(N)=O)sc2c1CCCC2. The van der Waals surface area contributed by atoms with Gasteiger partial charge in [-0.25, -0.2) is 9.79 Å². The highest BCUT2D eigenvalue weighted by Crippen LogP contribution is 2.40. The largest absolute Gasteiger partial charge is 0.462 e. The van der Waals surface area contributed by atoms with Crippen molar-refractivity contribution in [3.8, 4) is 0 Å². The molecule has 4 rings (SSSR count). The molecule has 2 aromatic heterocycles. The highest BCUT2D eigenvalue weighted by molar-refractivity contribution is 9.10. The standard InChI is InChI=1S/C21H19BrN2O4S/c1-2-27-21(26)17-13-5-3-4-6-16(13)29-20(17)24-19-14(18(23)25)10-11-9-12(22)7-8-15(11)28-19/h7-10H,2-6H2,1H3,(H2,23,25)/b24-19-. The van der Waals surface area contributed by atoms with Crippen LogP contribution in [0.4, 0.5) is 5.00 Å². The lowest BCUT2D eigenvalue weighted by atomic mass is 9.95. The summed E-state index contributed by atoms with van der Waals surface area (Å²) < 4.78 is 12.0. The number of nitrogens with zero attached hydrogens (tertiary/aromatic N) is 1. The fourth-order valence-electron chi connectivity index (χ4n) is 3.50. The molecule has 29 heavy (non-hydrogen) atoms. The maximum absolute atomic E-state index is 12.7. The van der Waals surface area contributed by atoms with Gasteiger partial charge in [-0.15, -0.1) is 11.3 Å². The van der Waals surface area contributed by atoms with Crippen LogP contribution in [-0.4, -0.2) is 18.5 Å². The smallest absolute Gasteiger partial charge is 0.341 e. The number of aryl methyl sites for hydroxylation is 1. The highest BCUT2D eigenvalue weighted by Gasteiger charge is 2.26. The molecule has 0 unspecified atom stereocenters. The van der Waals surface area contributed by atoms with Crippen LogP contribution in [0.1, 0.15) is 50.9 Å². The number of hydrogen-bond donors (Lipinski definition) is 1. The van der Waals surface area contributed by atoms with Crippen molar-refractivity contribution in [1.29, 1.82) is 0 Å². The van der Waals surface area contributed by atoms with Gasteiger partial charge in [0.25, 0.3) is 5.91 Å². The summed E-state index contributed by atoms with van der Waals surface area (Å²) in [5.74, 6) is -1.04. The Morgan fingerprint density at radius 2 is 2.07 bits per heavy atom. The Balaban J connectivity index is 1.96. The van der Waals surface area contributed by atoms with E-state index in [9.17, 15) is 9.59 Å². The average Bonchev–Trinajstić information content (AvgIpc) is 3.05. The zero-order valence-electron chi connectivity index (χ0n) is 15.8. The Labute approximate surface area is 179 Å². The summed E-state index contributed by atoms with van der Waals surface area (Å²) >= 11 is 4.86. The molecule has 0 radical (unpaired) electrons. The van der Waals surface area contributed by atoms with E-state index in [1.165, 1.54) is 11.3 Å². The number of carbonyl (C=O) groups excluding carboxylic acids is 2. The minimum Gasteiger partial charge on any atom is -0.462 e. The lowest BCUT2D eigenvalue weighted by Gasteiger charge is -2.11. The minimum absolute atomic E-state index is 0.0940. The van der Waals surface area contributed by atoms with E-state index in [0.717, 1.165) is 46.0 Å². The van der Waals surface area contributed by atoms with Crippen molar-refractivity contribution in [3.63, 3.8) is 0 Å². The van der Waals surface area contributed by atoms with E-state index in [1.54, 1.807) is 19.1 Å². The average molecular weight is 475 g/mol. The van der Waals surface area contributed by atoms with Crippen LogP contribution in [0.3, 0.4) is 0 Å². The van der Waals surface area contributed by atoms with Crippen LogP contribution >= 0.6 is 27.3 Å². The summed E-state index contributed by atoms with van der Waals surface area (Å²) in [6, 6.07) is 7.12. The lowest BCUT2D eigenvalue weighted by molar-refractivity contribution is 0.0526. The second-order valence-electron chi connectivity index (χ2n) is 6.73. The molecule has 8 heteroatoms. The number of benzene rings is 1. The van der Waals surface area contributed by atoms with Crippen molar-refractivity contribution < 1.29 is 18.7 Å². The molecular formula is C21H19BrN2O4S. The molecule has 2 N–H and O–H groups in total. The summed E-state index contributed by atoms with van der Waals surface area (Å²) in [7, 11) is 0. The number of hydrogen-bond acceptors (Lipinski definition) is 6. The Morgan fingerprint density at radius 3 is 2.83 bits per heavy atom. The number of esters is 1. The van der Waals surface area contributed by atoms with Crippen LogP contribution in [0.5, 0.6) is 0 Å². The normalized spacial score (nSPS) is 14.1. The van der Waals surface area contributed by atoms with E-state index in [1.807, 2.05) is 12.1 Å². The molecule has 6 nitrogen and oxygen atoms in total. The van der Waals surface area contributed by atoms with E-state index >= 15 is 0 Å². The summed E-state index contributed by atoms with van der Waals surface area (Å²) in [5.41, 5.74) is 7.89. The van der Waals surface area contributed by atoms with Crippen LogP contribution in [0.15, 0.2) is 38.1 Å². The third kappa shape index (κ3) is 3.86. The zero-order valence-corrected chi connectivity index (χ0v) is 18.2. The summed E-state index contributed by atoms with van der Waals surface area (Å²) in [6.45, 7) is 2.06. The first-order chi connectivity index (χ1) is 14.0. The van der Waals surface area contributed by atoms with Gasteiger partial charge in [0, 0.05) is 14.7 Å². The van der Waals surface area contributed by atoms with Crippen LogP contribution in [0.2, 0.25) is 0 Å². The van der Waals surface area contributed by atoms with Gasteiger partial charge in [-0.1, -0.05) is 15.9 Å². The van der Waals surface area contributed by atoms with Gasteiger partial charge in [0.2, 0.25) is 5.55 Å². The van der Waals surface area contributed by atoms with Gasteiger partial charge < -0.3 is 14.9 Å². The van der Waals surface area contributed by atoms with Gasteiger partial charge in [0.1, 0.15) is 16.1 Å². The fourth-order valence-corrected chi connectivity index (χ4v) is 5.12. The van der Waals surface area contributed by atoms with Crippen molar-refractivity contribution in [2.75, 3.05) is 6.61 Å². The van der Waals surface area contributed by atoms with Gasteiger partial charge in [0.05, 0.1) is 12.2 Å². The minimum atomic E-state index is -0.645. The van der Waals surface area contributed by atoms with Crippen molar-refractivity contribution in [2.45, 2.75) is 32.6 Å². The Kier molecular flexibility index (Phi) is 5.56. The van der Waals surface area contributed by atoms with Crippen LogP contribution in [0.25, 0.3) is 11.0 Å². The lowest BCUT2D eigenvalue weighted by Crippen LogP contribution is -2.21. The summed E-state index contributed by atoms with van der Waals surface area (Å²) in [5, 5.41) is 1.22. The van der Waals surface area contributed by atoms with Gasteiger partial charge in [-0.3, -0.25) is 4.79 Å². The molecule has 3 aromatic rings. The van der Waals surface area contributed by atoms with E-state index < -0.39 is 11.9 Å². The maximum atomic E-state index is 12.7. The van der Waals surface area contributed by atoms with Crippen molar-refractivity contribution >= 4 is 55.1 Å². The number of halogens is 1. The number of amides is 1. The molecule has 2 heterocycles. The predicted octanol–water partition coefficient (Wildman–Crippen LogP) is 4.64. The number of ether oxygens (including phenoxy) is 1. The molecule has 0 aliphatic heterocycles. The van der Waals surface area contributed by atoms with E-state index in [0.29, 0.717) is 16.1 Å². The van der Waals surface area contributed by atoms with E-state index in [4.69, 9.17) is 14.9 Å². The van der Waals surface area contributed by atoms with Gasteiger partial charge in [-0.2, -0.15) is 0 Å². The highest BCUT2D eigenvalue weighted by atomic mass is 79.9. The van der Waals surface area contributed by atoms with Crippen LogP contribution in [-0.2, 0) is 17.6 Å². The molecule has 0 fully saturated rings. The van der Waals surface area contributed by atoms with Crippen molar-refractivity contribution in [1.82, 2.24) is 0 Å². The molecule has 0 saturated carbocycles. The Hall–Kier alpha value is -2.45. The molecule has 1 amide bonds. The third-order valence-electron chi connectivity index (χ3n) is 4.81. The molecule has 0 saturated heterocycles. The van der Waals surface area contributed by atoms with Crippen molar-refractivity contribution in [3.05, 3.63) is 55.9 Å². The number of fused-ring (bicyclic) bond motifs is 2. The van der Waals surface area contributed by atoms with Crippen LogP contribution < -0.4 is 11.3 Å². The topological polar surface area (TPSA) is 94.9 Å². The first-order valence-corrected chi connectivity index (χ1v) is 11.0. The fraction of sp³-hybridized carbons (Fsp3) is 0.286. The van der Waals surface area contributed by atoms with Gasteiger partial charge in [-0.05, 0) is 62.4 Å². The second-order valence-corrected chi connectivity index (χ2v) is 8.73. The van der Waals surface area contributed by atoms with Gasteiger partial charge in [0.15, 0.2) is 0 Å². The molecule has 150 valence electrons. The second kappa shape index (κ2) is 8.12. The van der Waals surface area contributed by atoms with Crippen molar-refractivity contribution in [2.24, 2.45) is 10.7 Å². The zero-order chi connectivity index (χ0) is 20.5. The van der Waals surface area contributed by atoms with Gasteiger partial charge >= 0.3 is 5.97 Å². The molecule has 1 aliphatic carbocycles. The first kappa shape index (κ1) is 19.8. The Bertz CT molecular complexity index is 1200. The first-order valence-electron chi connectivity index (χ1n) is 9.37. The molecule has 0 bridgehead atoms. The number of thiophene rings is 1. The predicted molar refractivity (Wildman–Crippen MR) is 115 cm³/mol. The van der Waals surface area contributed by atoms with Crippen LogP contribution in [0, 0.1) is 0 Å². The summed E-state index contributed by atoms with van der Waals surface area (Å²) in [4.78, 5) is 30.4. The molecular weight excluding hydrogens is 456 g/mol. The monoisotopic (exact) mass is 474 g/mol.